The lowest BCUT2D eigenvalue weighted by molar-refractivity contribution is -0.129. The molecule has 1 aliphatic carbocycles. The van der Waals surface area contributed by atoms with Crippen LogP contribution in [0.2, 0.25) is 0 Å². The van der Waals surface area contributed by atoms with E-state index in [1.165, 1.54) is 9.21 Å². The summed E-state index contributed by atoms with van der Waals surface area (Å²) >= 11 is 0. The molecular weight excluding hydrogens is 304 g/mol. The van der Waals surface area contributed by atoms with Gasteiger partial charge in [-0.2, -0.15) is 4.31 Å². The first-order valence-corrected chi connectivity index (χ1v) is 10.1. The van der Waals surface area contributed by atoms with Gasteiger partial charge in [0, 0.05) is 26.2 Å². The van der Waals surface area contributed by atoms with Crippen molar-refractivity contribution < 1.29 is 21.6 Å². The maximum absolute atomic E-state index is 12.0. The van der Waals surface area contributed by atoms with E-state index >= 15 is 0 Å². The van der Waals surface area contributed by atoms with Crippen molar-refractivity contribution in [2.24, 2.45) is 0 Å². The molecule has 7 nitrogen and oxygen atoms in total. The van der Waals surface area contributed by atoms with E-state index in [9.17, 15) is 21.6 Å². The summed E-state index contributed by atoms with van der Waals surface area (Å²) in [7, 11) is -6.54. The molecule has 2 aliphatic rings. The van der Waals surface area contributed by atoms with Crippen molar-refractivity contribution in [1.82, 2.24) is 9.21 Å². The second kappa shape index (κ2) is 5.61. The molecule has 20 heavy (non-hydrogen) atoms. The molecule has 0 radical (unpaired) electrons. The minimum absolute atomic E-state index is 0.0387. The van der Waals surface area contributed by atoms with Gasteiger partial charge in [-0.15, -0.1) is 0 Å². The van der Waals surface area contributed by atoms with Gasteiger partial charge in [-0.05, 0) is 19.8 Å². The molecule has 0 bridgehead atoms. The zero-order valence-electron chi connectivity index (χ0n) is 11.5. The Morgan fingerprint density at radius 1 is 1.05 bits per heavy atom. The number of piperazine rings is 1. The summed E-state index contributed by atoms with van der Waals surface area (Å²) in [6.45, 7) is 2.59. The van der Waals surface area contributed by atoms with E-state index in [1.54, 1.807) is 6.92 Å². The van der Waals surface area contributed by atoms with Gasteiger partial charge in [0.2, 0.25) is 15.9 Å². The second-order valence-electron chi connectivity index (χ2n) is 5.19. The predicted octanol–water partition coefficient (Wildman–Crippen LogP) is -0.942. The summed E-state index contributed by atoms with van der Waals surface area (Å²) in [5.41, 5.74) is 0. The van der Waals surface area contributed by atoms with Crippen LogP contribution < -0.4 is 0 Å². The molecule has 0 aromatic carbocycles. The van der Waals surface area contributed by atoms with Gasteiger partial charge in [0.05, 0.1) is 11.0 Å². The average Bonchev–Trinajstić information content (AvgIpc) is 3.23. The highest BCUT2D eigenvalue weighted by atomic mass is 32.2. The molecule has 1 aliphatic heterocycles. The molecular formula is C11H20N2O5S2. The van der Waals surface area contributed by atoms with Gasteiger partial charge in [0.15, 0.2) is 9.84 Å². The zero-order valence-corrected chi connectivity index (χ0v) is 13.1. The SMILES string of the molecule is CCS(=O)(=O)N1CCN(C(=O)CS(=O)(=O)C2CC2)CC1. The fourth-order valence-corrected chi connectivity index (χ4v) is 4.91. The van der Waals surface area contributed by atoms with Crippen molar-refractivity contribution in [2.45, 2.75) is 25.0 Å². The Morgan fingerprint density at radius 2 is 1.60 bits per heavy atom. The summed E-state index contributed by atoms with van der Waals surface area (Å²) in [6, 6.07) is 0. The van der Waals surface area contributed by atoms with Gasteiger partial charge in [0.25, 0.3) is 0 Å². The lowest BCUT2D eigenvalue weighted by atomic mass is 10.3. The normalized spacial score (nSPS) is 21.9. The van der Waals surface area contributed by atoms with E-state index in [-0.39, 0.29) is 37.2 Å². The van der Waals surface area contributed by atoms with Crippen molar-refractivity contribution in [2.75, 3.05) is 37.7 Å². The maximum atomic E-state index is 12.0. The number of hydrogen-bond acceptors (Lipinski definition) is 5. The Morgan fingerprint density at radius 3 is 2.05 bits per heavy atom. The zero-order chi connectivity index (χ0) is 15.0. The van der Waals surface area contributed by atoms with Gasteiger partial charge in [-0.1, -0.05) is 0 Å². The van der Waals surface area contributed by atoms with Crippen LogP contribution in [0.3, 0.4) is 0 Å². The number of carbonyl (C=O) groups is 1. The van der Waals surface area contributed by atoms with Crippen LogP contribution in [-0.2, 0) is 24.7 Å². The highest BCUT2D eigenvalue weighted by Crippen LogP contribution is 2.29. The number of sulfonamides is 1. The van der Waals surface area contributed by atoms with Crippen molar-refractivity contribution in [3.63, 3.8) is 0 Å². The fourth-order valence-electron chi connectivity index (χ4n) is 2.21. The van der Waals surface area contributed by atoms with Gasteiger partial charge in [-0.25, -0.2) is 16.8 Å². The fraction of sp³-hybridized carbons (Fsp3) is 0.909. The standard InChI is InChI=1S/C11H20N2O5S2/c1-2-20(17,18)13-7-5-12(6-8-13)11(14)9-19(15,16)10-3-4-10/h10H,2-9H2,1H3. The molecule has 2 rings (SSSR count). The van der Waals surface area contributed by atoms with Crippen LogP contribution in [0.4, 0.5) is 0 Å². The Labute approximate surface area is 119 Å². The summed E-state index contributed by atoms with van der Waals surface area (Å²) < 4.78 is 48.2. The molecule has 1 saturated carbocycles. The topological polar surface area (TPSA) is 91.8 Å². The Hall–Kier alpha value is -0.670. The van der Waals surface area contributed by atoms with Crippen LogP contribution in [0.1, 0.15) is 19.8 Å². The van der Waals surface area contributed by atoms with E-state index in [2.05, 4.69) is 0 Å². The largest absolute Gasteiger partial charge is 0.339 e. The van der Waals surface area contributed by atoms with Crippen molar-refractivity contribution in [3.8, 4) is 0 Å². The number of rotatable bonds is 5. The lowest BCUT2D eigenvalue weighted by Gasteiger charge is -2.33. The first-order valence-electron chi connectivity index (χ1n) is 6.73. The molecule has 9 heteroatoms. The van der Waals surface area contributed by atoms with E-state index in [4.69, 9.17) is 0 Å². The molecule has 0 aromatic rings. The molecule has 1 amide bonds. The van der Waals surface area contributed by atoms with E-state index in [0.717, 1.165) is 0 Å². The molecule has 0 N–H and O–H groups in total. The molecule has 116 valence electrons. The van der Waals surface area contributed by atoms with E-state index < -0.39 is 31.5 Å². The van der Waals surface area contributed by atoms with E-state index in [0.29, 0.717) is 12.8 Å². The molecule has 0 atom stereocenters. The minimum Gasteiger partial charge on any atom is -0.339 e. The number of hydrogen-bond donors (Lipinski definition) is 0. The third-order valence-corrected chi connectivity index (χ3v) is 7.72. The Balaban J connectivity index is 1.89. The summed E-state index contributed by atoms with van der Waals surface area (Å²) in [4.78, 5) is 13.4. The van der Waals surface area contributed by atoms with Gasteiger partial charge in [-0.3, -0.25) is 4.79 Å². The molecule has 1 heterocycles. The lowest BCUT2D eigenvalue weighted by Crippen LogP contribution is -2.52. The first-order chi connectivity index (χ1) is 9.26. The molecule has 0 spiro atoms. The molecule has 2 fully saturated rings. The molecule has 1 saturated heterocycles. The van der Waals surface area contributed by atoms with Crippen LogP contribution in [0, 0.1) is 0 Å². The Bertz CT molecular complexity index is 572. The predicted molar refractivity (Wildman–Crippen MR) is 74.4 cm³/mol. The number of nitrogens with zero attached hydrogens (tertiary/aromatic N) is 2. The van der Waals surface area contributed by atoms with Crippen LogP contribution >= 0.6 is 0 Å². The van der Waals surface area contributed by atoms with Crippen LogP contribution in [-0.4, -0.2) is 74.9 Å². The highest BCUT2D eigenvalue weighted by Gasteiger charge is 2.38. The van der Waals surface area contributed by atoms with Crippen molar-refractivity contribution in [1.29, 1.82) is 0 Å². The second-order valence-corrected chi connectivity index (χ2v) is 9.73. The van der Waals surface area contributed by atoms with Gasteiger partial charge in [0.1, 0.15) is 5.75 Å². The summed E-state index contributed by atoms with van der Waals surface area (Å²) in [5, 5.41) is -0.340. The highest BCUT2D eigenvalue weighted by molar-refractivity contribution is 7.93. The van der Waals surface area contributed by atoms with Gasteiger partial charge >= 0.3 is 0 Å². The number of carbonyl (C=O) groups excluding carboxylic acids is 1. The summed E-state index contributed by atoms with van der Waals surface area (Å²) in [5.74, 6) is -0.819. The van der Waals surface area contributed by atoms with Gasteiger partial charge < -0.3 is 4.90 Å². The first kappa shape index (κ1) is 15.7. The van der Waals surface area contributed by atoms with Crippen molar-refractivity contribution in [3.05, 3.63) is 0 Å². The molecule has 0 aromatic heterocycles. The molecule has 0 unspecified atom stereocenters. The number of amides is 1. The third kappa shape index (κ3) is 3.50. The average molecular weight is 324 g/mol. The maximum Gasteiger partial charge on any atom is 0.237 e. The monoisotopic (exact) mass is 324 g/mol. The third-order valence-electron chi connectivity index (χ3n) is 3.71. The quantitative estimate of drug-likeness (QED) is 0.651. The number of sulfone groups is 1. The smallest absolute Gasteiger partial charge is 0.237 e. The van der Waals surface area contributed by atoms with Crippen molar-refractivity contribution >= 4 is 25.8 Å². The minimum atomic E-state index is -3.31. The Kier molecular flexibility index (Phi) is 4.41. The van der Waals surface area contributed by atoms with Crippen LogP contribution in [0.15, 0.2) is 0 Å². The van der Waals surface area contributed by atoms with Crippen LogP contribution in [0.5, 0.6) is 0 Å². The van der Waals surface area contributed by atoms with Crippen LogP contribution in [0.25, 0.3) is 0 Å². The van der Waals surface area contributed by atoms with E-state index in [1.807, 2.05) is 0 Å². The summed E-state index contributed by atoms with van der Waals surface area (Å²) in [6.07, 6.45) is 1.30.